The van der Waals surface area contributed by atoms with Crippen molar-refractivity contribution < 1.29 is 9.53 Å². The van der Waals surface area contributed by atoms with Crippen LogP contribution in [0.1, 0.15) is 22.4 Å². The molecule has 2 aromatic rings. The molecule has 0 spiro atoms. The lowest BCUT2D eigenvalue weighted by atomic mass is 10.1. The lowest BCUT2D eigenvalue weighted by Gasteiger charge is -2.09. The van der Waals surface area contributed by atoms with Crippen LogP contribution in [0.5, 0.6) is 5.75 Å². The van der Waals surface area contributed by atoms with Crippen molar-refractivity contribution in [2.24, 2.45) is 0 Å². The summed E-state index contributed by atoms with van der Waals surface area (Å²) < 4.78 is 5.65. The number of aromatic nitrogens is 1. The number of hydrogen-bond acceptors (Lipinski definition) is 4. The lowest BCUT2D eigenvalue weighted by Crippen LogP contribution is -2.15. The number of carbonyl (C=O) groups excluding carboxylic acids is 1. The number of carbonyl (C=O) groups is 1. The Bertz CT molecular complexity index is 608. The van der Waals surface area contributed by atoms with E-state index in [2.05, 4.69) is 10.3 Å². The predicted molar refractivity (Wildman–Crippen MR) is 81.5 cm³/mol. The summed E-state index contributed by atoms with van der Waals surface area (Å²) >= 11 is 1.47. The van der Waals surface area contributed by atoms with Gasteiger partial charge in [0.25, 0.3) is 0 Å². The summed E-state index contributed by atoms with van der Waals surface area (Å²) in [6.45, 7) is 6.33. The Balaban J connectivity index is 1.80. The molecular formula is C15H18N2O2S. The molecule has 0 fully saturated rings. The van der Waals surface area contributed by atoms with Gasteiger partial charge in [0.2, 0.25) is 5.91 Å². The van der Waals surface area contributed by atoms with Crippen LogP contribution in [-0.2, 0) is 4.79 Å². The fourth-order valence-corrected chi connectivity index (χ4v) is 2.39. The minimum absolute atomic E-state index is 0.0790. The third-order valence-corrected chi connectivity index (χ3v) is 3.63. The second-order valence-corrected chi connectivity index (χ2v) is 5.93. The minimum atomic E-state index is -0.0790. The molecule has 2 rings (SSSR count). The van der Waals surface area contributed by atoms with Gasteiger partial charge in [0.1, 0.15) is 5.75 Å². The van der Waals surface area contributed by atoms with Crippen LogP contribution in [0, 0.1) is 20.8 Å². The molecule has 0 saturated carbocycles. The maximum atomic E-state index is 11.7. The van der Waals surface area contributed by atoms with Crippen molar-refractivity contribution in [3.05, 3.63) is 40.4 Å². The van der Waals surface area contributed by atoms with Crippen LogP contribution < -0.4 is 10.1 Å². The smallest absolute Gasteiger partial charge is 0.229 e. The fraction of sp³-hybridized carbons (Fsp3) is 0.333. The van der Waals surface area contributed by atoms with Crippen molar-refractivity contribution in [3.8, 4) is 5.75 Å². The second kappa shape index (κ2) is 6.52. The summed E-state index contributed by atoms with van der Waals surface area (Å²) in [4.78, 5) is 16.9. The molecule has 1 heterocycles. The van der Waals surface area contributed by atoms with Crippen LogP contribution in [-0.4, -0.2) is 17.5 Å². The number of aryl methyl sites for hydroxylation is 3. The van der Waals surface area contributed by atoms with Crippen molar-refractivity contribution in [2.45, 2.75) is 27.2 Å². The first kappa shape index (κ1) is 14.5. The van der Waals surface area contributed by atoms with Crippen LogP contribution in [0.4, 0.5) is 5.13 Å². The summed E-state index contributed by atoms with van der Waals surface area (Å²) in [7, 11) is 0. The quantitative estimate of drug-likeness (QED) is 0.917. The van der Waals surface area contributed by atoms with Gasteiger partial charge in [-0.15, -0.1) is 11.3 Å². The lowest BCUT2D eigenvalue weighted by molar-refractivity contribution is -0.116. The molecule has 0 aliphatic heterocycles. The van der Waals surface area contributed by atoms with Gasteiger partial charge in [0, 0.05) is 11.1 Å². The number of nitrogens with zero attached hydrogens (tertiary/aromatic N) is 1. The molecule has 1 aromatic carbocycles. The molecule has 0 atom stereocenters. The first-order valence-electron chi connectivity index (χ1n) is 6.47. The normalized spacial score (nSPS) is 10.3. The van der Waals surface area contributed by atoms with E-state index in [4.69, 9.17) is 4.74 Å². The molecule has 106 valence electrons. The van der Waals surface area contributed by atoms with Crippen LogP contribution in [0.2, 0.25) is 0 Å². The number of hydrogen-bond donors (Lipinski definition) is 1. The van der Waals surface area contributed by atoms with Gasteiger partial charge in [0.15, 0.2) is 5.13 Å². The average Bonchev–Trinajstić information content (AvgIpc) is 2.79. The third kappa shape index (κ3) is 4.06. The van der Waals surface area contributed by atoms with E-state index in [0.29, 0.717) is 18.2 Å². The summed E-state index contributed by atoms with van der Waals surface area (Å²) in [6.07, 6.45) is 2.05. The molecular weight excluding hydrogens is 272 g/mol. The van der Waals surface area contributed by atoms with Gasteiger partial charge in [0.05, 0.1) is 13.0 Å². The highest BCUT2D eigenvalue weighted by atomic mass is 32.1. The Kier molecular flexibility index (Phi) is 4.74. The van der Waals surface area contributed by atoms with Crippen molar-refractivity contribution in [1.29, 1.82) is 0 Å². The zero-order valence-electron chi connectivity index (χ0n) is 11.9. The first-order chi connectivity index (χ1) is 9.54. The molecule has 0 aliphatic rings. The summed E-state index contributed by atoms with van der Waals surface area (Å²) in [5.41, 5.74) is 2.22. The maximum Gasteiger partial charge on any atom is 0.229 e. The third-order valence-electron chi connectivity index (χ3n) is 2.80. The minimum Gasteiger partial charge on any atom is -0.493 e. The number of anilines is 1. The number of rotatable bonds is 5. The molecule has 5 heteroatoms. The van der Waals surface area contributed by atoms with Crippen molar-refractivity contribution in [1.82, 2.24) is 4.98 Å². The fourth-order valence-electron chi connectivity index (χ4n) is 1.71. The molecule has 1 N–H and O–H groups in total. The maximum absolute atomic E-state index is 11.7. The number of thiazole rings is 1. The van der Waals surface area contributed by atoms with E-state index in [1.807, 2.05) is 39.0 Å². The number of benzene rings is 1. The molecule has 0 aliphatic carbocycles. The van der Waals surface area contributed by atoms with E-state index in [1.54, 1.807) is 6.20 Å². The largest absolute Gasteiger partial charge is 0.493 e. The molecule has 0 saturated heterocycles. The summed E-state index contributed by atoms with van der Waals surface area (Å²) in [5, 5.41) is 3.40. The van der Waals surface area contributed by atoms with Crippen molar-refractivity contribution >= 4 is 22.4 Å². The van der Waals surface area contributed by atoms with E-state index >= 15 is 0 Å². The molecule has 0 radical (unpaired) electrons. The Morgan fingerprint density at radius 2 is 2.15 bits per heavy atom. The number of ether oxygens (including phenoxy) is 1. The van der Waals surface area contributed by atoms with E-state index in [0.717, 1.165) is 21.8 Å². The van der Waals surface area contributed by atoms with Gasteiger partial charge < -0.3 is 10.1 Å². The highest BCUT2D eigenvalue weighted by Crippen LogP contribution is 2.19. The Labute approximate surface area is 122 Å². The SMILES string of the molecule is Cc1ccc(C)c(OCCC(=O)Nc2ncc(C)s2)c1. The zero-order valence-corrected chi connectivity index (χ0v) is 12.7. The van der Waals surface area contributed by atoms with Crippen molar-refractivity contribution in [3.63, 3.8) is 0 Å². The Hall–Kier alpha value is -1.88. The topological polar surface area (TPSA) is 51.2 Å². The van der Waals surface area contributed by atoms with Crippen LogP contribution in [0.15, 0.2) is 24.4 Å². The van der Waals surface area contributed by atoms with Crippen LogP contribution in [0.3, 0.4) is 0 Å². The Morgan fingerprint density at radius 1 is 1.35 bits per heavy atom. The van der Waals surface area contributed by atoms with E-state index in [9.17, 15) is 4.79 Å². The van der Waals surface area contributed by atoms with E-state index in [-0.39, 0.29) is 5.91 Å². The zero-order chi connectivity index (χ0) is 14.5. The highest BCUT2D eigenvalue weighted by molar-refractivity contribution is 7.15. The van der Waals surface area contributed by atoms with Crippen LogP contribution in [0.25, 0.3) is 0 Å². The molecule has 1 amide bonds. The molecule has 0 bridgehead atoms. The van der Waals surface area contributed by atoms with E-state index < -0.39 is 0 Å². The standard InChI is InChI=1S/C15H18N2O2S/c1-10-4-5-11(2)13(8-10)19-7-6-14(18)17-15-16-9-12(3)20-15/h4-5,8-9H,6-7H2,1-3H3,(H,16,17,18). The first-order valence-corrected chi connectivity index (χ1v) is 7.28. The van der Waals surface area contributed by atoms with Crippen molar-refractivity contribution in [2.75, 3.05) is 11.9 Å². The second-order valence-electron chi connectivity index (χ2n) is 4.69. The molecule has 20 heavy (non-hydrogen) atoms. The average molecular weight is 290 g/mol. The summed E-state index contributed by atoms with van der Waals surface area (Å²) in [6, 6.07) is 6.04. The molecule has 4 nitrogen and oxygen atoms in total. The molecule has 1 aromatic heterocycles. The number of nitrogens with one attached hydrogen (secondary N) is 1. The predicted octanol–water partition coefficient (Wildman–Crippen LogP) is 3.48. The van der Waals surface area contributed by atoms with Crippen LogP contribution >= 0.6 is 11.3 Å². The van der Waals surface area contributed by atoms with Gasteiger partial charge in [-0.3, -0.25) is 4.79 Å². The van der Waals surface area contributed by atoms with Gasteiger partial charge in [-0.2, -0.15) is 0 Å². The van der Waals surface area contributed by atoms with Gasteiger partial charge in [-0.25, -0.2) is 4.98 Å². The summed E-state index contributed by atoms with van der Waals surface area (Å²) in [5.74, 6) is 0.757. The number of amides is 1. The molecule has 0 unspecified atom stereocenters. The Morgan fingerprint density at radius 3 is 2.85 bits per heavy atom. The van der Waals surface area contributed by atoms with Gasteiger partial charge in [-0.1, -0.05) is 12.1 Å². The monoisotopic (exact) mass is 290 g/mol. The highest BCUT2D eigenvalue weighted by Gasteiger charge is 2.06. The van der Waals surface area contributed by atoms with Gasteiger partial charge in [-0.05, 0) is 38.0 Å². The van der Waals surface area contributed by atoms with Gasteiger partial charge >= 0.3 is 0 Å². The van der Waals surface area contributed by atoms with E-state index in [1.165, 1.54) is 11.3 Å².